The highest BCUT2D eigenvalue weighted by atomic mass is 16.1. The molecule has 0 aromatic heterocycles. The summed E-state index contributed by atoms with van der Waals surface area (Å²) in [6.45, 7) is 3.04. The number of amides is 1. The van der Waals surface area contributed by atoms with Gasteiger partial charge < -0.3 is 5.32 Å². The van der Waals surface area contributed by atoms with Crippen LogP contribution in [0.25, 0.3) is 0 Å². The smallest absolute Gasteiger partial charge is 0.220 e. The van der Waals surface area contributed by atoms with E-state index in [1.165, 1.54) is 49.7 Å². The first kappa shape index (κ1) is 20.5. The molecule has 1 saturated heterocycles. The second-order valence-electron chi connectivity index (χ2n) is 11.6. The van der Waals surface area contributed by atoms with Crippen LogP contribution in [0, 0.1) is 17.3 Å². The van der Waals surface area contributed by atoms with Crippen LogP contribution >= 0.6 is 0 Å². The first-order chi connectivity index (χ1) is 15.6. The van der Waals surface area contributed by atoms with Crippen LogP contribution in [0.1, 0.15) is 62.5 Å². The van der Waals surface area contributed by atoms with E-state index in [0.29, 0.717) is 17.4 Å². The Morgan fingerprint density at radius 2 is 1.62 bits per heavy atom. The predicted molar refractivity (Wildman–Crippen MR) is 128 cm³/mol. The molecule has 2 unspecified atom stereocenters. The number of hydrogen-bond acceptors (Lipinski definition) is 2. The standard InChI is InChI=1S/C29H36N2O/c32-27(30-26-11-12-31(20-26)19-22-7-3-1-4-8-22)18-28-14-23-13-24(15-28)17-29(16-23,21-28)25-9-5-2-6-10-25/h1-10,23-24,26H,11-21H2,(H,30,32)/t23?,24?,26-,28?,29?/m1/s1. The lowest BCUT2D eigenvalue weighted by molar-refractivity contribution is -0.131. The van der Waals surface area contributed by atoms with Crippen LogP contribution < -0.4 is 5.32 Å². The summed E-state index contributed by atoms with van der Waals surface area (Å²) in [5, 5.41) is 3.44. The number of nitrogens with zero attached hydrogens (tertiary/aromatic N) is 1. The number of carbonyl (C=O) groups excluding carboxylic acids is 1. The molecule has 3 atom stereocenters. The molecule has 1 heterocycles. The summed E-state index contributed by atoms with van der Waals surface area (Å²) in [6.07, 6.45) is 9.66. The molecule has 3 heteroatoms. The SMILES string of the molecule is O=C(CC12CC3CC(C1)CC(c1ccccc1)(C3)C2)N[C@@H]1CCN(Cc2ccccc2)C1. The monoisotopic (exact) mass is 428 g/mol. The molecule has 2 aromatic rings. The summed E-state index contributed by atoms with van der Waals surface area (Å²) >= 11 is 0. The first-order valence-electron chi connectivity index (χ1n) is 12.7. The summed E-state index contributed by atoms with van der Waals surface area (Å²) < 4.78 is 0. The fourth-order valence-corrected chi connectivity index (χ4v) is 8.34. The van der Waals surface area contributed by atoms with E-state index in [2.05, 4.69) is 70.9 Å². The van der Waals surface area contributed by atoms with Gasteiger partial charge in [0.05, 0.1) is 0 Å². The Bertz CT molecular complexity index is 942. The Hall–Kier alpha value is -2.13. The van der Waals surface area contributed by atoms with E-state index in [1.54, 1.807) is 0 Å². The summed E-state index contributed by atoms with van der Waals surface area (Å²) in [4.78, 5) is 15.7. The topological polar surface area (TPSA) is 32.3 Å². The van der Waals surface area contributed by atoms with Crippen LogP contribution in [0.15, 0.2) is 60.7 Å². The van der Waals surface area contributed by atoms with Crippen LogP contribution in [-0.4, -0.2) is 29.9 Å². The highest BCUT2D eigenvalue weighted by Crippen LogP contribution is 2.66. The van der Waals surface area contributed by atoms with Crippen molar-refractivity contribution in [3.63, 3.8) is 0 Å². The lowest BCUT2D eigenvalue weighted by atomic mass is 9.42. The van der Waals surface area contributed by atoms with E-state index in [1.807, 2.05) is 0 Å². The molecule has 5 fully saturated rings. The van der Waals surface area contributed by atoms with Crippen molar-refractivity contribution >= 4 is 5.91 Å². The van der Waals surface area contributed by atoms with E-state index in [0.717, 1.165) is 44.3 Å². The minimum Gasteiger partial charge on any atom is -0.352 e. The molecule has 7 rings (SSSR count). The molecule has 0 radical (unpaired) electrons. The minimum atomic E-state index is 0.229. The number of hydrogen-bond donors (Lipinski definition) is 1. The van der Waals surface area contributed by atoms with Crippen LogP contribution in [0.2, 0.25) is 0 Å². The van der Waals surface area contributed by atoms with Gasteiger partial charge >= 0.3 is 0 Å². The molecule has 1 amide bonds. The maximum atomic E-state index is 13.3. The third-order valence-electron chi connectivity index (χ3n) is 8.99. The molecule has 168 valence electrons. The second-order valence-corrected chi connectivity index (χ2v) is 11.6. The molecule has 4 aliphatic carbocycles. The van der Waals surface area contributed by atoms with Crippen molar-refractivity contribution in [3.8, 4) is 0 Å². The summed E-state index contributed by atoms with van der Waals surface area (Å²) in [7, 11) is 0. The molecule has 32 heavy (non-hydrogen) atoms. The molecule has 2 aromatic carbocycles. The van der Waals surface area contributed by atoms with Crippen molar-refractivity contribution in [2.24, 2.45) is 17.3 Å². The van der Waals surface area contributed by atoms with Gasteiger partial charge in [0.25, 0.3) is 0 Å². The van der Waals surface area contributed by atoms with Gasteiger partial charge in [-0.2, -0.15) is 0 Å². The van der Waals surface area contributed by atoms with Gasteiger partial charge in [-0.15, -0.1) is 0 Å². The van der Waals surface area contributed by atoms with Crippen LogP contribution in [0.3, 0.4) is 0 Å². The van der Waals surface area contributed by atoms with Gasteiger partial charge in [-0.25, -0.2) is 0 Å². The van der Waals surface area contributed by atoms with E-state index in [4.69, 9.17) is 0 Å². The average molecular weight is 429 g/mol. The van der Waals surface area contributed by atoms with E-state index in [9.17, 15) is 4.79 Å². The van der Waals surface area contributed by atoms with Crippen molar-refractivity contribution in [1.29, 1.82) is 0 Å². The molecule has 1 aliphatic heterocycles. The second kappa shape index (κ2) is 8.02. The van der Waals surface area contributed by atoms with Crippen LogP contribution in [0.4, 0.5) is 0 Å². The lowest BCUT2D eigenvalue weighted by Gasteiger charge is -2.62. The van der Waals surface area contributed by atoms with Crippen molar-refractivity contribution in [3.05, 3.63) is 71.8 Å². The van der Waals surface area contributed by atoms with Gasteiger partial charge in [0.15, 0.2) is 0 Å². The average Bonchev–Trinajstić information content (AvgIpc) is 3.20. The largest absolute Gasteiger partial charge is 0.352 e. The molecule has 0 spiro atoms. The molecule has 5 aliphatic rings. The van der Waals surface area contributed by atoms with Gasteiger partial charge in [0.1, 0.15) is 0 Å². The molecular weight excluding hydrogens is 392 g/mol. The van der Waals surface area contributed by atoms with Gasteiger partial charge in [-0.1, -0.05) is 60.7 Å². The van der Waals surface area contributed by atoms with Gasteiger partial charge in [0, 0.05) is 32.1 Å². The Labute approximate surface area is 192 Å². The molecule has 1 N–H and O–H groups in total. The number of nitrogens with one attached hydrogen (secondary N) is 1. The normalized spacial score (nSPS) is 35.8. The maximum absolute atomic E-state index is 13.3. The zero-order valence-corrected chi connectivity index (χ0v) is 19.1. The molecular formula is C29H36N2O. The Morgan fingerprint density at radius 1 is 0.938 bits per heavy atom. The van der Waals surface area contributed by atoms with Gasteiger partial charge in [-0.3, -0.25) is 9.69 Å². The van der Waals surface area contributed by atoms with Crippen molar-refractivity contribution < 1.29 is 4.79 Å². The van der Waals surface area contributed by atoms with Crippen molar-refractivity contribution in [2.75, 3.05) is 13.1 Å². The van der Waals surface area contributed by atoms with Crippen LogP contribution in [0.5, 0.6) is 0 Å². The Kier molecular flexibility index (Phi) is 5.13. The van der Waals surface area contributed by atoms with Crippen molar-refractivity contribution in [1.82, 2.24) is 10.2 Å². The number of likely N-dealkylation sites (tertiary alicyclic amines) is 1. The number of benzene rings is 2. The fourth-order valence-electron chi connectivity index (χ4n) is 8.34. The summed E-state index contributed by atoms with van der Waals surface area (Å²) in [5.74, 6) is 1.94. The molecule has 4 bridgehead atoms. The predicted octanol–water partition coefficient (Wildman–Crippen LogP) is 5.31. The Balaban J connectivity index is 1.10. The van der Waals surface area contributed by atoms with E-state index in [-0.39, 0.29) is 5.41 Å². The van der Waals surface area contributed by atoms with Crippen molar-refractivity contribution in [2.45, 2.75) is 69.4 Å². The fraction of sp³-hybridized carbons (Fsp3) is 0.552. The molecule has 4 saturated carbocycles. The summed E-state index contributed by atoms with van der Waals surface area (Å²) in [6, 6.07) is 22.2. The Morgan fingerprint density at radius 3 is 2.34 bits per heavy atom. The summed E-state index contributed by atoms with van der Waals surface area (Å²) in [5.41, 5.74) is 3.45. The zero-order chi connectivity index (χ0) is 21.6. The quantitative estimate of drug-likeness (QED) is 0.677. The maximum Gasteiger partial charge on any atom is 0.220 e. The third-order valence-corrected chi connectivity index (χ3v) is 8.99. The highest BCUT2D eigenvalue weighted by molar-refractivity contribution is 5.77. The van der Waals surface area contributed by atoms with E-state index >= 15 is 0 Å². The number of carbonyl (C=O) groups is 1. The third kappa shape index (κ3) is 3.90. The first-order valence-corrected chi connectivity index (χ1v) is 12.7. The van der Waals surface area contributed by atoms with E-state index < -0.39 is 0 Å². The van der Waals surface area contributed by atoms with Crippen LogP contribution in [-0.2, 0) is 16.8 Å². The van der Waals surface area contributed by atoms with Gasteiger partial charge in [-0.05, 0) is 78.7 Å². The molecule has 3 nitrogen and oxygen atoms in total. The number of rotatable bonds is 6. The zero-order valence-electron chi connectivity index (χ0n) is 19.1. The van der Waals surface area contributed by atoms with Gasteiger partial charge in [0.2, 0.25) is 5.91 Å². The lowest BCUT2D eigenvalue weighted by Crippen LogP contribution is -2.55. The minimum absolute atomic E-state index is 0.229. The highest BCUT2D eigenvalue weighted by Gasteiger charge is 2.58.